The Labute approximate surface area is 184 Å². The zero-order valence-corrected chi connectivity index (χ0v) is 18.7. The molecule has 3 rings (SSSR count). The summed E-state index contributed by atoms with van der Waals surface area (Å²) in [4.78, 5) is 30.9. The second kappa shape index (κ2) is 10.1. The molecule has 2 aromatic heterocycles. The number of carbonyl (C=O) groups is 2. The van der Waals surface area contributed by atoms with Crippen molar-refractivity contribution in [1.82, 2.24) is 21.0 Å². The second-order valence-electron chi connectivity index (χ2n) is 6.85. The number of hydrazine groups is 1. The topological polar surface area (TPSA) is 110 Å². The molecule has 0 bridgehead atoms. The third-order valence-electron chi connectivity index (χ3n) is 4.57. The summed E-state index contributed by atoms with van der Waals surface area (Å²) in [5.41, 5.74) is 7.89. The lowest BCUT2D eigenvalue weighted by Gasteiger charge is -2.23. The molecule has 0 radical (unpaired) electrons. The third kappa shape index (κ3) is 5.60. The zero-order valence-electron chi connectivity index (χ0n) is 17.9. The fraction of sp³-hybridized carbons (Fsp3) is 0.333. The van der Waals surface area contributed by atoms with Gasteiger partial charge < -0.3 is 14.2 Å². The van der Waals surface area contributed by atoms with Gasteiger partial charge in [-0.3, -0.25) is 10.2 Å². The van der Waals surface area contributed by atoms with Gasteiger partial charge in [0.05, 0.1) is 22.8 Å². The number of anilines is 1. The molecule has 0 saturated heterocycles. The SMILES string of the molecule is CCN(CCOC(=O)NNC(=O)c1noc(C)c1-c1csc(C)n1)c1cccc(C)c1. The van der Waals surface area contributed by atoms with Crippen molar-refractivity contribution in [2.45, 2.75) is 27.7 Å². The molecular weight excluding hydrogens is 418 g/mol. The standard InChI is InChI=1S/C21H25N5O4S/c1-5-26(16-8-6-7-13(2)11-16)9-10-29-21(28)24-23-20(27)19-18(14(3)30-25-19)17-12-31-15(4)22-17/h6-8,11-12H,5,9-10H2,1-4H3,(H,23,27)(H,24,28). The monoisotopic (exact) mass is 443 g/mol. The van der Waals surface area contributed by atoms with Crippen molar-refractivity contribution < 1.29 is 18.8 Å². The van der Waals surface area contributed by atoms with Gasteiger partial charge in [0.15, 0.2) is 5.69 Å². The number of nitrogens with zero attached hydrogens (tertiary/aromatic N) is 3. The minimum atomic E-state index is -0.764. The van der Waals surface area contributed by atoms with Gasteiger partial charge in [-0.15, -0.1) is 11.3 Å². The van der Waals surface area contributed by atoms with E-state index in [0.29, 0.717) is 23.6 Å². The van der Waals surface area contributed by atoms with Crippen LogP contribution < -0.4 is 15.8 Å². The van der Waals surface area contributed by atoms with E-state index in [2.05, 4.69) is 32.0 Å². The molecule has 0 saturated carbocycles. The van der Waals surface area contributed by atoms with E-state index in [0.717, 1.165) is 22.8 Å². The van der Waals surface area contributed by atoms with E-state index in [1.807, 2.05) is 44.4 Å². The van der Waals surface area contributed by atoms with E-state index in [-0.39, 0.29) is 12.3 Å². The van der Waals surface area contributed by atoms with Crippen molar-refractivity contribution in [3.63, 3.8) is 0 Å². The molecule has 0 aliphatic heterocycles. The van der Waals surface area contributed by atoms with Gasteiger partial charge in [0, 0.05) is 17.6 Å². The van der Waals surface area contributed by atoms with Crippen LogP contribution in [0.3, 0.4) is 0 Å². The van der Waals surface area contributed by atoms with E-state index < -0.39 is 12.0 Å². The number of aromatic nitrogens is 2. The molecular formula is C21H25N5O4S. The van der Waals surface area contributed by atoms with Crippen molar-refractivity contribution in [3.8, 4) is 11.3 Å². The number of nitrogens with one attached hydrogen (secondary N) is 2. The molecule has 0 fully saturated rings. The number of thiazole rings is 1. The number of ether oxygens (including phenoxy) is 1. The summed E-state index contributed by atoms with van der Waals surface area (Å²) in [6.07, 6.45) is -0.764. The maximum Gasteiger partial charge on any atom is 0.426 e. The second-order valence-corrected chi connectivity index (χ2v) is 7.91. The molecule has 0 unspecified atom stereocenters. The predicted molar refractivity (Wildman–Crippen MR) is 118 cm³/mol. The summed E-state index contributed by atoms with van der Waals surface area (Å²) in [6, 6.07) is 8.10. The maximum absolute atomic E-state index is 12.5. The van der Waals surface area contributed by atoms with E-state index in [4.69, 9.17) is 9.26 Å². The highest BCUT2D eigenvalue weighted by Crippen LogP contribution is 2.28. The third-order valence-corrected chi connectivity index (χ3v) is 5.35. The fourth-order valence-corrected chi connectivity index (χ4v) is 3.66. The number of hydrogen-bond donors (Lipinski definition) is 2. The van der Waals surface area contributed by atoms with Gasteiger partial charge in [0.25, 0.3) is 5.91 Å². The molecule has 0 spiro atoms. The summed E-state index contributed by atoms with van der Waals surface area (Å²) < 4.78 is 10.3. The first-order valence-electron chi connectivity index (χ1n) is 9.82. The maximum atomic E-state index is 12.5. The Hall–Kier alpha value is -3.40. The lowest BCUT2D eigenvalue weighted by Crippen LogP contribution is -2.43. The van der Waals surface area contributed by atoms with Crippen LogP contribution in [0.25, 0.3) is 11.3 Å². The summed E-state index contributed by atoms with van der Waals surface area (Å²) in [5.74, 6) is -0.154. The largest absolute Gasteiger partial charge is 0.446 e. The molecule has 164 valence electrons. The highest BCUT2D eigenvalue weighted by Gasteiger charge is 2.23. The molecule has 0 atom stereocenters. The van der Waals surface area contributed by atoms with Gasteiger partial charge in [-0.2, -0.15) is 0 Å². The molecule has 31 heavy (non-hydrogen) atoms. The van der Waals surface area contributed by atoms with Crippen LogP contribution in [0.5, 0.6) is 0 Å². The van der Waals surface area contributed by atoms with Crippen molar-refractivity contribution in [2.24, 2.45) is 0 Å². The summed E-state index contributed by atoms with van der Waals surface area (Å²) in [7, 11) is 0. The van der Waals surface area contributed by atoms with Crippen LogP contribution in [-0.2, 0) is 4.74 Å². The molecule has 0 aliphatic rings. The van der Waals surface area contributed by atoms with Crippen LogP contribution in [0, 0.1) is 20.8 Å². The Kier molecular flexibility index (Phi) is 7.24. The Morgan fingerprint density at radius 2 is 2.03 bits per heavy atom. The van der Waals surface area contributed by atoms with Gasteiger partial charge >= 0.3 is 6.09 Å². The van der Waals surface area contributed by atoms with Crippen molar-refractivity contribution in [1.29, 1.82) is 0 Å². The summed E-state index contributed by atoms with van der Waals surface area (Å²) >= 11 is 1.46. The molecule has 2 amide bonds. The van der Waals surface area contributed by atoms with Gasteiger partial charge in [-0.25, -0.2) is 15.2 Å². The van der Waals surface area contributed by atoms with Gasteiger partial charge in [-0.05, 0) is 45.4 Å². The minimum absolute atomic E-state index is 0.0414. The van der Waals surface area contributed by atoms with Crippen LogP contribution in [0.2, 0.25) is 0 Å². The van der Waals surface area contributed by atoms with E-state index >= 15 is 0 Å². The Balaban J connectivity index is 1.50. The summed E-state index contributed by atoms with van der Waals surface area (Å²) in [6.45, 7) is 9.09. The first kappa shape index (κ1) is 22.3. The average molecular weight is 444 g/mol. The highest BCUT2D eigenvalue weighted by molar-refractivity contribution is 7.09. The fourth-order valence-electron chi connectivity index (χ4n) is 3.05. The number of aryl methyl sites for hydroxylation is 3. The lowest BCUT2D eigenvalue weighted by molar-refractivity contribution is 0.0903. The van der Waals surface area contributed by atoms with Gasteiger partial charge in [0.2, 0.25) is 0 Å². The normalized spacial score (nSPS) is 10.6. The predicted octanol–water partition coefficient (Wildman–Crippen LogP) is 3.62. The molecule has 9 nitrogen and oxygen atoms in total. The zero-order chi connectivity index (χ0) is 22.4. The number of hydrogen-bond acceptors (Lipinski definition) is 8. The molecule has 3 aromatic rings. The average Bonchev–Trinajstić information content (AvgIpc) is 3.34. The number of carbonyl (C=O) groups excluding carboxylic acids is 2. The first-order valence-corrected chi connectivity index (χ1v) is 10.7. The molecule has 10 heteroatoms. The minimum Gasteiger partial charge on any atom is -0.446 e. The van der Waals surface area contributed by atoms with Crippen LogP contribution in [0.15, 0.2) is 34.2 Å². The van der Waals surface area contributed by atoms with Crippen molar-refractivity contribution in [2.75, 3.05) is 24.6 Å². The van der Waals surface area contributed by atoms with Gasteiger partial charge in [0.1, 0.15) is 12.4 Å². The smallest absolute Gasteiger partial charge is 0.426 e. The Bertz CT molecular complexity index is 1060. The van der Waals surface area contributed by atoms with Crippen molar-refractivity contribution >= 4 is 29.0 Å². The molecule has 0 aliphatic carbocycles. The first-order chi connectivity index (χ1) is 14.9. The molecule has 1 aromatic carbocycles. The van der Waals surface area contributed by atoms with Crippen LogP contribution in [-0.4, -0.2) is 41.8 Å². The summed E-state index contributed by atoms with van der Waals surface area (Å²) in [5, 5.41) is 6.47. The number of rotatable bonds is 7. The quantitative estimate of drug-likeness (QED) is 0.537. The molecule has 2 N–H and O–H groups in total. The number of likely N-dealkylation sites (N-methyl/N-ethyl adjacent to an activating group) is 1. The Morgan fingerprint density at radius 3 is 2.71 bits per heavy atom. The highest BCUT2D eigenvalue weighted by atomic mass is 32.1. The van der Waals surface area contributed by atoms with E-state index in [1.54, 1.807) is 6.92 Å². The number of amides is 2. The molecule has 2 heterocycles. The van der Waals surface area contributed by atoms with Gasteiger partial charge in [-0.1, -0.05) is 17.3 Å². The Morgan fingerprint density at radius 1 is 1.23 bits per heavy atom. The van der Waals surface area contributed by atoms with E-state index in [1.165, 1.54) is 11.3 Å². The van der Waals surface area contributed by atoms with Crippen molar-refractivity contribution in [3.05, 3.63) is 51.7 Å². The number of benzene rings is 1. The van der Waals surface area contributed by atoms with Crippen LogP contribution in [0.4, 0.5) is 10.5 Å². The van der Waals surface area contributed by atoms with Crippen LogP contribution >= 0.6 is 11.3 Å². The van der Waals surface area contributed by atoms with Crippen LogP contribution in [0.1, 0.15) is 33.7 Å². The van der Waals surface area contributed by atoms with E-state index in [9.17, 15) is 9.59 Å². The lowest BCUT2D eigenvalue weighted by atomic mass is 10.1.